The first-order valence-electron chi connectivity index (χ1n) is 6.64. The topological polar surface area (TPSA) is 71.5 Å². The van der Waals surface area contributed by atoms with Crippen LogP contribution < -0.4 is 5.32 Å². The summed E-state index contributed by atoms with van der Waals surface area (Å²) in [6, 6.07) is 3.41. The van der Waals surface area contributed by atoms with Crippen LogP contribution >= 0.6 is 0 Å². The molecule has 5 nitrogen and oxygen atoms in total. The van der Waals surface area contributed by atoms with E-state index >= 15 is 0 Å². The van der Waals surface area contributed by atoms with E-state index in [0.717, 1.165) is 25.8 Å². The lowest BCUT2D eigenvalue weighted by Gasteiger charge is -2.18. The lowest BCUT2D eigenvalue weighted by Crippen LogP contribution is -2.22. The Balaban J connectivity index is 2.01. The summed E-state index contributed by atoms with van der Waals surface area (Å²) in [7, 11) is 1.36. The van der Waals surface area contributed by atoms with Crippen molar-refractivity contribution >= 4 is 11.8 Å². The van der Waals surface area contributed by atoms with Gasteiger partial charge in [-0.3, -0.25) is 0 Å². The van der Waals surface area contributed by atoms with Crippen molar-refractivity contribution in [3.63, 3.8) is 0 Å². The number of pyridine rings is 1. The Kier molecular flexibility index (Phi) is 4.74. The molecule has 0 saturated heterocycles. The van der Waals surface area contributed by atoms with Crippen molar-refractivity contribution in [2.24, 2.45) is 11.8 Å². The number of hydrogen-bond acceptors (Lipinski definition) is 5. The van der Waals surface area contributed by atoms with E-state index in [0.29, 0.717) is 23.2 Å². The third kappa shape index (κ3) is 3.23. The molecule has 0 bridgehead atoms. The molecule has 2 rings (SSSR count). The quantitative estimate of drug-likeness (QED) is 0.792. The smallest absolute Gasteiger partial charge is 0.341 e. The standard InChI is InChI=1S/C14H20N2O3/c1-19-14(18)12-6-3-7-15-13(12)16-8-10-4-2-5-11(10)9-17/h3,6-7,10-11,17H,2,4-5,8-9H2,1H3,(H,15,16). The van der Waals surface area contributed by atoms with Crippen LogP contribution in [-0.2, 0) is 4.74 Å². The van der Waals surface area contributed by atoms with E-state index in [2.05, 4.69) is 10.3 Å². The van der Waals surface area contributed by atoms with Gasteiger partial charge in [0.1, 0.15) is 11.4 Å². The number of rotatable bonds is 5. The second-order valence-electron chi connectivity index (χ2n) is 4.91. The molecule has 1 aromatic rings. The number of anilines is 1. The minimum Gasteiger partial charge on any atom is -0.465 e. The summed E-state index contributed by atoms with van der Waals surface area (Å²) >= 11 is 0. The van der Waals surface area contributed by atoms with Gasteiger partial charge in [-0.15, -0.1) is 0 Å². The number of aliphatic hydroxyl groups is 1. The molecule has 2 atom stereocenters. The lowest BCUT2D eigenvalue weighted by atomic mass is 9.97. The van der Waals surface area contributed by atoms with E-state index in [1.807, 2.05) is 0 Å². The average Bonchev–Trinajstić information content (AvgIpc) is 2.92. The number of carbonyl (C=O) groups excluding carboxylic acids is 1. The molecule has 5 heteroatoms. The molecule has 2 N–H and O–H groups in total. The molecule has 104 valence electrons. The molecular formula is C14H20N2O3. The SMILES string of the molecule is COC(=O)c1cccnc1NCC1CCCC1CO. The maximum absolute atomic E-state index is 11.6. The van der Waals surface area contributed by atoms with Gasteiger partial charge in [0, 0.05) is 19.3 Å². The summed E-state index contributed by atoms with van der Waals surface area (Å²) in [5.41, 5.74) is 0.448. The number of nitrogens with one attached hydrogen (secondary N) is 1. The van der Waals surface area contributed by atoms with E-state index in [1.54, 1.807) is 18.3 Å². The number of aromatic nitrogens is 1. The van der Waals surface area contributed by atoms with Crippen LogP contribution in [0.2, 0.25) is 0 Å². The first-order chi connectivity index (χ1) is 9.26. The van der Waals surface area contributed by atoms with Gasteiger partial charge in [0.2, 0.25) is 0 Å². The number of carbonyl (C=O) groups is 1. The van der Waals surface area contributed by atoms with Crippen LogP contribution in [0.3, 0.4) is 0 Å². The van der Waals surface area contributed by atoms with Crippen LogP contribution in [0, 0.1) is 11.8 Å². The number of aliphatic hydroxyl groups excluding tert-OH is 1. The zero-order valence-corrected chi connectivity index (χ0v) is 11.1. The van der Waals surface area contributed by atoms with Gasteiger partial charge >= 0.3 is 5.97 Å². The molecule has 1 saturated carbocycles. The van der Waals surface area contributed by atoms with Crippen molar-refractivity contribution in [3.8, 4) is 0 Å². The van der Waals surface area contributed by atoms with Crippen molar-refractivity contribution in [3.05, 3.63) is 23.9 Å². The van der Waals surface area contributed by atoms with Crippen molar-refractivity contribution in [2.75, 3.05) is 25.6 Å². The third-order valence-electron chi connectivity index (χ3n) is 3.80. The van der Waals surface area contributed by atoms with Gasteiger partial charge in [0.25, 0.3) is 0 Å². The first-order valence-corrected chi connectivity index (χ1v) is 6.64. The van der Waals surface area contributed by atoms with Crippen LogP contribution in [0.1, 0.15) is 29.6 Å². The predicted molar refractivity (Wildman–Crippen MR) is 72.0 cm³/mol. The second-order valence-corrected chi connectivity index (χ2v) is 4.91. The fraction of sp³-hybridized carbons (Fsp3) is 0.571. The normalized spacial score (nSPS) is 22.2. The van der Waals surface area contributed by atoms with Gasteiger partial charge in [-0.1, -0.05) is 6.42 Å². The lowest BCUT2D eigenvalue weighted by molar-refractivity contribution is 0.0601. The first kappa shape index (κ1) is 13.8. The van der Waals surface area contributed by atoms with Gasteiger partial charge in [0.05, 0.1) is 7.11 Å². The number of hydrogen-bond donors (Lipinski definition) is 2. The highest BCUT2D eigenvalue weighted by atomic mass is 16.5. The Morgan fingerprint density at radius 1 is 1.53 bits per heavy atom. The summed E-state index contributed by atoms with van der Waals surface area (Å²) in [5.74, 6) is 0.967. The van der Waals surface area contributed by atoms with Crippen LogP contribution in [-0.4, -0.2) is 36.3 Å². The molecule has 0 spiro atoms. The van der Waals surface area contributed by atoms with Crippen molar-refractivity contribution < 1.29 is 14.6 Å². The van der Waals surface area contributed by atoms with E-state index in [4.69, 9.17) is 4.74 Å². The minimum atomic E-state index is -0.388. The van der Waals surface area contributed by atoms with Gasteiger partial charge < -0.3 is 15.2 Å². The van der Waals surface area contributed by atoms with Crippen LogP contribution in [0.5, 0.6) is 0 Å². The van der Waals surface area contributed by atoms with Crippen LogP contribution in [0.25, 0.3) is 0 Å². The molecular weight excluding hydrogens is 244 g/mol. The highest BCUT2D eigenvalue weighted by Crippen LogP contribution is 2.31. The fourth-order valence-corrected chi connectivity index (χ4v) is 2.67. The monoisotopic (exact) mass is 264 g/mol. The van der Waals surface area contributed by atoms with Gasteiger partial charge in [0.15, 0.2) is 0 Å². The maximum atomic E-state index is 11.6. The molecule has 1 aliphatic carbocycles. The Labute approximate surface area is 113 Å². The number of methoxy groups -OCH3 is 1. The molecule has 1 fully saturated rings. The van der Waals surface area contributed by atoms with Crippen LogP contribution in [0.4, 0.5) is 5.82 Å². The Morgan fingerprint density at radius 2 is 2.32 bits per heavy atom. The minimum absolute atomic E-state index is 0.235. The molecule has 1 heterocycles. The average molecular weight is 264 g/mol. The zero-order chi connectivity index (χ0) is 13.7. The van der Waals surface area contributed by atoms with Crippen molar-refractivity contribution in [1.29, 1.82) is 0 Å². The molecule has 0 aliphatic heterocycles. The molecule has 0 radical (unpaired) electrons. The molecule has 1 aromatic heterocycles. The fourth-order valence-electron chi connectivity index (χ4n) is 2.67. The largest absolute Gasteiger partial charge is 0.465 e. The van der Waals surface area contributed by atoms with Gasteiger partial charge in [-0.25, -0.2) is 9.78 Å². The number of ether oxygens (including phenoxy) is 1. The van der Waals surface area contributed by atoms with Crippen molar-refractivity contribution in [1.82, 2.24) is 4.98 Å². The van der Waals surface area contributed by atoms with E-state index in [9.17, 15) is 9.90 Å². The van der Waals surface area contributed by atoms with E-state index in [1.165, 1.54) is 7.11 Å². The summed E-state index contributed by atoms with van der Waals surface area (Å²) in [4.78, 5) is 15.8. The number of esters is 1. The second kappa shape index (κ2) is 6.52. The molecule has 0 amide bonds. The van der Waals surface area contributed by atoms with Gasteiger partial charge in [-0.05, 0) is 36.8 Å². The summed E-state index contributed by atoms with van der Waals surface area (Å²) in [6.45, 7) is 0.963. The molecule has 0 aromatic carbocycles. The predicted octanol–water partition coefficient (Wildman–Crippen LogP) is 1.69. The summed E-state index contributed by atoms with van der Waals surface area (Å²) < 4.78 is 4.73. The molecule has 19 heavy (non-hydrogen) atoms. The Bertz CT molecular complexity index is 436. The summed E-state index contributed by atoms with van der Waals surface area (Å²) in [5, 5.41) is 12.5. The van der Waals surface area contributed by atoms with E-state index < -0.39 is 0 Å². The van der Waals surface area contributed by atoms with Crippen molar-refractivity contribution in [2.45, 2.75) is 19.3 Å². The Morgan fingerprint density at radius 3 is 3.05 bits per heavy atom. The summed E-state index contributed by atoms with van der Waals surface area (Å²) in [6.07, 6.45) is 4.99. The highest BCUT2D eigenvalue weighted by molar-refractivity contribution is 5.94. The Hall–Kier alpha value is -1.62. The maximum Gasteiger partial charge on any atom is 0.341 e. The molecule has 2 unspecified atom stereocenters. The number of nitrogens with zero attached hydrogens (tertiary/aromatic N) is 1. The van der Waals surface area contributed by atoms with Gasteiger partial charge in [-0.2, -0.15) is 0 Å². The highest BCUT2D eigenvalue weighted by Gasteiger charge is 2.26. The van der Waals surface area contributed by atoms with Crippen LogP contribution in [0.15, 0.2) is 18.3 Å². The van der Waals surface area contributed by atoms with E-state index in [-0.39, 0.29) is 12.6 Å². The zero-order valence-electron chi connectivity index (χ0n) is 11.1. The molecule has 1 aliphatic rings. The third-order valence-corrected chi connectivity index (χ3v) is 3.80.